The van der Waals surface area contributed by atoms with Crippen molar-refractivity contribution in [2.75, 3.05) is 0 Å². The second-order valence-corrected chi connectivity index (χ2v) is 5.48. The van der Waals surface area contributed by atoms with Crippen LogP contribution in [0.1, 0.15) is 37.8 Å². The zero-order chi connectivity index (χ0) is 15.5. The molecule has 3 rings (SSSR count). The smallest absolute Gasteiger partial charge is 0.190 e. The minimum Gasteiger partial charge on any atom is -0.289 e. The van der Waals surface area contributed by atoms with Gasteiger partial charge in [-0.25, -0.2) is 0 Å². The summed E-state index contributed by atoms with van der Waals surface area (Å²) in [7, 11) is 0. The summed E-state index contributed by atoms with van der Waals surface area (Å²) in [6.07, 6.45) is 1.67. The molecule has 0 spiro atoms. The van der Waals surface area contributed by atoms with E-state index in [0.717, 1.165) is 40.7 Å². The van der Waals surface area contributed by atoms with Crippen LogP contribution >= 0.6 is 0 Å². The molecule has 2 aromatic rings. The Bertz CT molecular complexity index is 749. The lowest BCUT2D eigenvalue weighted by molar-refractivity contribution is -0.110. The van der Waals surface area contributed by atoms with E-state index in [9.17, 15) is 4.79 Å². The lowest BCUT2D eigenvalue weighted by Crippen LogP contribution is -2.01. The fourth-order valence-corrected chi connectivity index (χ4v) is 3.27. The molecule has 0 bridgehead atoms. The SMILES string of the molecule is CCC1=C(CC)C(c2ccccc2)=C(c2ccccc2)C1=O. The van der Waals surface area contributed by atoms with E-state index in [0.29, 0.717) is 0 Å². The number of Topliss-reactive ketones (excluding diaryl/α,β-unsaturated/α-hetero) is 1. The van der Waals surface area contributed by atoms with Crippen LogP contribution in [0.5, 0.6) is 0 Å². The normalized spacial score (nSPS) is 14.9. The molecule has 0 aliphatic heterocycles. The number of carbonyl (C=O) groups excluding carboxylic acids is 1. The predicted molar refractivity (Wildman–Crippen MR) is 92.3 cm³/mol. The summed E-state index contributed by atoms with van der Waals surface area (Å²) < 4.78 is 0. The molecule has 0 amide bonds. The van der Waals surface area contributed by atoms with Gasteiger partial charge in [0.2, 0.25) is 0 Å². The molecule has 0 fully saturated rings. The fourth-order valence-electron chi connectivity index (χ4n) is 3.27. The van der Waals surface area contributed by atoms with Gasteiger partial charge in [0.25, 0.3) is 0 Å². The van der Waals surface area contributed by atoms with E-state index in [-0.39, 0.29) is 5.78 Å². The first kappa shape index (κ1) is 14.5. The number of carbonyl (C=O) groups is 1. The highest BCUT2D eigenvalue weighted by molar-refractivity contribution is 6.40. The first-order valence-corrected chi connectivity index (χ1v) is 7.90. The van der Waals surface area contributed by atoms with Gasteiger partial charge in [-0.15, -0.1) is 0 Å². The van der Waals surface area contributed by atoms with Gasteiger partial charge in [-0.05, 0) is 35.1 Å². The largest absolute Gasteiger partial charge is 0.289 e. The third-order valence-electron chi connectivity index (χ3n) is 4.25. The van der Waals surface area contributed by atoms with Crippen molar-refractivity contribution in [1.82, 2.24) is 0 Å². The van der Waals surface area contributed by atoms with Crippen LogP contribution in [0.25, 0.3) is 11.1 Å². The Balaban J connectivity index is 2.28. The maximum atomic E-state index is 13.0. The molecule has 0 aromatic heterocycles. The molecule has 110 valence electrons. The molecule has 22 heavy (non-hydrogen) atoms. The van der Waals surface area contributed by atoms with E-state index in [1.807, 2.05) is 48.5 Å². The fraction of sp³-hybridized carbons (Fsp3) is 0.190. The number of rotatable bonds is 4. The Morgan fingerprint density at radius 1 is 0.636 bits per heavy atom. The molecule has 0 unspecified atom stereocenters. The average Bonchev–Trinajstić information content (AvgIpc) is 2.88. The van der Waals surface area contributed by atoms with Crippen molar-refractivity contribution >= 4 is 16.9 Å². The number of allylic oxidation sites excluding steroid dienone is 4. The van der Waals surface area contributed by atoms with Gasteiger partial charge >= 0.3 is 0 Å². The Kier molecular flexibility index (Phi) is 4.06. The van der Waals surface area contributed by atoms with Crippen LogP contribution in [-0.4, -0.2) is 5.78 Å². The number of benzene rings is 2. The van der Waals surface area contributed by atoms with E-state index < -0.39 is 0 Å². The first-order valence-electron chi connectivity index (χ1n) is 7.90. The van der Waals surface area contributed by atoms with Gasteiger partial charge in [0, 0.05) is 11.1 Å². The minimum atomic E-state index is 0.199. The molecule has 1 heteroatoms. The summed E-state index contributed by atoms with van der Waals surface area (Å²) in [5.41, 5.74) is 6.31. The van der Waals surface area contributed by atoms with Crippen LogP contribution in [0.15, 0.2) is 71.8 Å². The topological polar surface area (TPSA) is 17.1 Å². The molecule has 0 radical (unpaired) electrons. The lowest BCUT2D eigenvalue weighted by Gasteiger charge is -2.11. The van der Waals surface area contributed by atoms with Crippen molar-refractivity contribution in [2.45, 2.75) is 26.7 Å². The summed E-state index contributed by atoms with van der Waals surface area (Å²) >= 11 is 0. The molecule has 0 saturated carbocycles. The van der Waals surface area contributed by atoms with Gasteiger partial charge in [0.15, 0.2) is 5.78 Å². The Hall–Kier alpha value is -2.41. The number of hydrogen-bond acceptors (Lipinski definition) is 1. The van der Waals surface area contributed by atoms with Crippen molar-refractivity contribution in [2.24, 2.45) is 0 Å². The Labute approximate surface area is 132 Å². The van der Waals surface area contributed by atoms with Gasteiger partial charge in [-0.2, -0.15) is 0 Å². The van der Waals surface area contributed by atoms with E-state index in [1.54, 1.807) is 0 Å². The van der Waals surface area contributed by atoms with E-state index in [2.05, 4.69) is 26.0 Å². The van der Waals surface area contributed by atoms with E-state index in [1.165, 1.54) is 5.57 Å². The second-order valence-electron chi connectivity index (χ2n) is 5.48. The quantitative estimate of drug-likeness (QED) is 0.746. The van der Waals surface area contributed by atoms with Crippen LogP contribution in [0.2, 0.25) is 0 Å². The monoisotopic (exact) mass is 288 g/mol. The standard InChI is InChI=1S/C21H20O/c1-3-17-18(4-2)21(22)20(16-13-9-6-10-14-16)19(17)15-11-7-5-8-12-15/h5-14H,3-4H2,1-2H3. The number of ketones is 1. The van der Waals surface area contributed by atoms with Crippen molar-refractivity contribution in [3.63, 3.8) is 0 Å². The van der Waals surface area contributed by atoms with Crippen molar-refractivity contribution in [3.05, 3.63) is 82.9 Å². The van der Waals surface area contributed by atoms with E-state index in [4.69, 9.17) is 0 Å². The molecule has 0 saturated heterocycles. The van der Waals surface area contributed by atoms with Gasteiger partial charge in [0.05, 0.1) is 0 Å². The third kappa shape index (κ3) is 2.33. The van der Waals surface area contributed by atoms with Crippen LogP contribution in [0.3, 0.4) is 0 Å². The molecule has 0 N–H and O–H groups in total. The summed E-state index contributed by atoms with van der Waals surface area (Å²) in [5, 5.41) is 0. The summed E-state index contributed by atoms with van der Waals surface area (Å²) in [5.74, 6) is 0.199. The predicted octanol–water partition coefficient (Wildman–Crippen LogP) is 5.30. The molecule has 1 nitrogen and oxygen atoms in total. The van der Waals surface area contributed by atoms with Crippen LogP contribution < -0.4 is 0 Å². The molecule has 2 aromatic carbocycles. The van der Waals surface area contributed by atoms with E-state index >= 15 is 0 Å². The van der Waals surface area contributed by atoms with Gasteiger partial charge < -0.3 is 0 Å². The average molecular weight is 288 g/mol. The maximum absolute atomic E-state index is 13.0. The van der Waals surface area contributed by atoms with Crippen LogP contribution in [-0.2, 0) is 4.79 Å². The molecule has 0 heterocycles. The van der Waals surface area contributed by atoms with Gasteiger partial charge in [-0.1, -0.05) is 74.5 Å². The van der Waals surface area contributed by atoms with Crippen LogP contribution in [0, 0.1) is 0 Å². The first-order chi connectivity index (χ1) is 10.8. The molecular formula is C21H20O. The summed E-state index contributed by atoms with van der Waals surface area (Å²) in [4.78, 5) is 13.0. The summed E-state index contributed by atoms with van der Waals surface area (Å²) in [6, 6.07) is 20.3. The molecule has 0 atom stereocenters. The van der Waals surface area contributed by atoms with Gasteiger partial charge in [0.1, 0.15) is 0 Å². The summed E-state index contributed by atoms with van der Waals surface area (Å²) in [6.45, 7) is 4.20. The molecular weight excluding hydrogens is 268 g/mol. The highest BCUT2D eigenvalue weighted by atomic mass is 16.1. The van der Waals surface area contributed by atoms with Crippen molar-refractivity contribution in [1.29, 1.82) is 0 Å². The van der Waals surface area contributed by atoms with Gasteiger partial charge in [-0.3, -0.25) is 4.79 Å². The van der Waals surface area contributed by atoms with Crippen molar-refractivity contribution < 1.29 is 4.79 Å². The Morgan fingerprint density at radius 3 is 1.55 bits per heavy atom. The van der Waals surface area contributed by atoms with Crippen molar-refractivity contribution in [3.8, 4) is 0 Å². The Morgan fingerprint density at radius 2 is 1.09 bits per heavy atom. The highest BCUT2D eigenvalue weighted by Gasteiger charge is 2.31. The molecule has 1 aliphatic rings. The molecule has 1 aliphatic carbocycles. The minimum absolute atomic E-state index is 0.199. The maximum Gasteiger partial charge on any atom is 0.190 e. The zero-order valence-electron chi connectivity index (χ0n) is 13.1. The highest BCUT2D eigenvalue weighted by Crippen LogP contribution is 2.43. The number of hydrogen-bond donors (Lipinski definition) is 0. The lowest BCUT2D eigenvalue weighted by atomic mass is 9.92. The van der Waals surface area contributed by atoms with Crippen LogP contribution in [0.4, 0.5) is 0 Å². The zero-order valence-corrected chi connectivity index (χ0v) is 13.1. The third-order valence-corrected chi connectivity index (χ3v) is 4.25. The second kappa shape index (κ2) is 6.15.